The number of rotatable bonds is 7. The second-order valence-corrected chi connectivity index (χ2v) is 5.98. The summed E-state index contributed by atoms with van der Waals surface area (Å²) in [5, 5.41) is 3.29. The molecular weight excluding hydrogens is 258 g/mol. The normalized spacial score (nSPS) is 41.4. The molecular formula is C15H29NO4. The fourth-order valence-corrected chi connectivity index (χ4v) is 3.19. The minimum Gasteiger partial charge on any atom is -0.382 e. The van der Waals surface area contributed by atoms with Crippen LogP contribution in [0.1, 0.15) is 33.1 Å². The molecule has 20 heavy (non-hydrogen) atoms. The van der Waals surface area contributed by atoms with Crippen molar-refractivity contribution < 1.29 is 18.9 Å². The van der Waals surface area contributed by atoms with Crippen molar-refractivity contribution >= 4 is 0 Å². The predicted molar refractivity (Wildman–Crippen MR) is 77.0 cm³/mol. The molecule has 1 saturated heterocycles. The molecule has 1 heterocycles. The van der Waals surface area contributed by atoms with E-state index in [4.69, 9.17) is 18.9 Å². The van der Waals surface area contributed by atoms with Gasteiger partial charge in [-0.05, 0) is 40.2 Å². The van der Waals surface area contributed by atoms with Crippen molar-refractivity contribution in [2.45, 2.75) is 69.7 Å². The molecule has 2 aliphatic rings. The minimum absolute atomic E-state index is 0.142. The highest BCUT2D eigenvalue weighted by atomic mass is 16.6. The zero-order chi connectivity index (χ0) is 14.5. The summed E-state index contributed by atoms with van der Waals surface area (Å²) in [6.07, 6.45) is 4.20. The Hall–Kier alpha value is -0.200. The molecule has 5 atom stereocenters. The number of likely N-dealkylation sites (N-methyl/N-ethyl adjacent to an activating group) is 1. The van der Waals surface area contributed by atoms with Gasteiger partial charge in [-0.25, -0.2) is 0 Å². The average molecular weight is 287 g/mol. The lowest BCUT2D eigenvalue weighted by molar-refractivity contribution is -0.195. The highest BCUT2D eigenvalue weighted by Gasteiger charge is 2.43. The fourth-order valence-electron chi connectivity index (χ4n) is 3.19. The Morgan fingerprint density at radius 3 is 2.40 bits per heavy atom. The maximum absolute atomic E-state index is 6.26. The molecule has 2 rings (SSSR count). The molecule has 1 aliphatic heterocycles. The van der Waals surface area contributed by atoms with Gasteiger partial charge in [0, 0.05) is 13.2 Å². The van der Waals surface area contributed by atoms with E-state index in [0.717, 1.165) is 19.3 Å². The summed E-state index contributed by atoms with van der Waals surface area (Å²) in [6.45, 7) is 5.50. The summed E-state index contributed by atoms with van der Waals surface area (Å²) in [6, 6.07) is 0.395. The van der Waals surface area contributed by atoms with Gasteiger partial charge in [-0.2, -0.15) is 0 Å². The summed E-state index contributed by atoms with van der Waals surface area (Å²) in [5.74, 6) is 0. The Balaban J connectivity index is 1.79. The van der Waals surface area contributed by atoms with Crippen LogP contribution in [0.2, 0.25) is 0 Å². The van der Waals surface area contributed by atoms with Crippen LogP contribution in [0.25, 0.3) is 0 Å². The first-order valence-electron chi connectivity index (χ1n) is 7.72. The van der Waals surface area contributed by atoms with Gasteiger partial charge in [0.05, 0.1) is 43.7 Å². The van der Waals surface area contributed by atoms with Crippen LogP contribution >= 0.6 is 0 Å². The molecule has 0 aromatic carbocycles. The van der Waals surface area contributed by atoms with Gasteiger partial charge in [0.15, 0.2) is 0 Å². The van der Waals surface area contributed by atoms with E-state index in [2.05, 4.69) is 19.2 Å². The molecule has 1 saturated carbocycles. The zero-order valence-electron chi connectivity index (χ0n) is 13.1. The Morgan fingerprint density at radius 2 is 1.80 bits per heavy atom. The fraction of sp³-hybridized carbons (Fsp3) is 1.00. The number of ether oxygens (including phenoxy) is 4. The third-order valence-electron chi connectivity index (χ3n) is 4.24. The van der Waals surface area contributed by atoms with Gasteiger partial charge in [-0.3, -0.25) is 0 Å². The third-order valence-corrected chi connectivity index (χ3v) is 4.24. The topological polar surface area (TPSA) is 49.0 Å². The van der Waals surface area contributed by atoms with Crippen LogP contribution in [0.4, 0.5) is 0 Å². The van der Waals surface area contributed by atoms with Crippen LogP contribution in [0.15, 0.2) is 0 Å². The molecule has 0 spiro atoms. The van der Waals surface area contributed by atoms with E-state index in [9.17, 15) is 0 Å². The first-order chi connectivity index (χ1) is 9.63. The minimum atomic E-state index is 0.142. The van der Waals surface area contributed by atoms with Crippen LogP contribution in [-0.4, -0.2) is 63.9 Å². The van der Waals surface area contributed by atoms with Gasteiger partial charge in [-0.15, -0.1) is 0 Å². The van der Waals surface area contributed by atoms with Gasteiger partial charge in [0.25, 0.3) is 0 Å². The smallest absolute Gasteiger partial charge is 0.0991 e. The van der Waals surface area contributed by atoms with E-state index in [1.54, 1.807) is 7.11 Å². The van der Waals surface area contributed by atoms with Crippen molar-refractivity contribution in [1.29, 1.82) is 0 Å². The molecule has 1 aliphatic carbocycles. The molecule has 0 radical (unpaired) electrons. The largest absolute Gasteiger partial charge is 0.382 e. The van der Waals surface area contributed by atoms with Gasteiger partial charge >= 0.3 is 0 Å². The molecule has 1 N–H and O–H groups in total. The Morgan fingerprint density at radius 1 is 1.10 bits per heavy atom. The summed E-state index contributed by atoms with van der Waals surface area (Å²) < 4.78 is 22.9. The second-order valence-electron chi connectivity index (χ2n) is 5.98. The average Bonchev–Trinajstić information content (AvgIpc) is 2.38. The van der Waals surface area contributed by atoms with E-state index in [-0.39, 0.29) is 24.4 Å². The van der Waals surface area contributed by atoms with Crippen molar-refractivity contribution in [3.8, 4) is 0 Å². The van der Waals surface area contributed by atoms with Crippen LogP contribution in [0.5, 0.6) is 0 Å². The van der Waals surface area contributed by atoms with E-state index in [1.807, 2.05) is 7.05 Å². The van der Waals surface area contributed by atoms with Crippen LogP contribution in [0, 0.1) is 0 Å². The lowest BCUT2D eigenvalue weighted by Gasteiger charge is -2.46. The van der Waals surface area contributed by atoms with Gasteiger partial charge in [0.1, 0.15) is 0 Å². The zero-order valence-corrected chi connectivity index (χ0v) is 13.1. The predicted octanol–water partition coefficient (Wildman–Crippen LogP) is 1.35. The maximum Gasteiger partial charge on any atom is 0.0991 e. The number of hydrogen-bond donors (Lipinski definition) is 1. The first kappa shape index (κ1) is 16.2. The van der Waals surface area contributed by atoms with E-state index >= 15 is 0 Å². The molecule has 0 amide bonds. The van der Waals surface area contributed by atoms with E-state index in [0.29, 0.717) is 25.4 Å². The Labute approximate surface area is 122 Å². The summed E-state index contributed by atoms with van der Waals surface area (Å²) in [7, 11) is 3.67. The second kappa shape index (κ2) is 7.71. The summed E-state index contributed by atoms with van der Waals surface area (Å²) >= 11 is 0. The van der Waals surface area contributed by atoms with Gasteiger partial charge in [0.2, 0.25) is 0 Å². The standard InChI is InChI=1S/C15H29NO4/c1-10-7-12(8-11(2)19-10)20-14-9-13(16-3)15(14)18-6-5-17-4/h10-16H,5-9H2,1-4H3. The van der Waals surface area contributed by atoms with E-state index < -0.39 is 0 Å². The molecule has 0 aromatic rings. The summed E-state index contributed by atoms with van der Waals surface area (Å²) in [5.41, 5.74) is 0. The Kier molecular flexibility index (Phi) is 6.23. The number of nitrogens with one attached hydrogen (secondary N) is 1. The van der Waals surface area contributed by atoms with Crippen LogP contribution in [-0.2, 0) is 18.9 Å². The lowest BCUT2D eigenvalue weighted by Crippen LogP contribution is -2.60. The van der Waals surface area contributed by atoms with Gasteiger partial charge < -0.3 is 24.3 Å². The monoisotopic (exact) mass is 287 g/mol. The third kappa shape index (κ3) is 4.15. The number of methoxy groups -OCH3 is 1. The quantitative estimate of drug-likeness (QED) is 0.716. The molecule has 118 valence electrons. The number of hydrogen-bond acceptors (Lipinski definition) is 5. The highest BCUT2D eigenvalue weighted by Crippen LogP contribution is 2.31. The SMILES string of the molecule is CNC1CC(OC2CC(C)OC(C)C2)C1OCCOC. The molecule has 5 unspecified atom stereocenters. The molecule has 2 fully saturated rings. The Bertz CT molecular complexity index is 279. The molecule has 5 heteroatoms. The van der Waals surface area contributed by atoms with Crippen molar-refractivity contribution in [3.05, 3.63) is 0 Å². The summed E-state index contributed by atoms with van der Waals surface area (Å²) in [4.78, 5) is 0. The van der Waals surface area contributed by atoms with E-state index in [1.165, 1.54) is 0 Å². The van der Waals surface area contributed by atoms with Crippen molar-refractivity contribution in [3.63, 3.8) is 0 Å². The van der Waals surface area contributed by atoms with Crippen molar-refractivity contribution in [1.82, 2.24) is 5.32 Å². The first-order valence-corrected chi connectivity index (χ1v) is 7.72. The van der Waals surface area contributed by atoms with Crippen LogP contribution < -0.4 is 5.32 Å². The lowest BCUT2D eigenvalue weighted by atomic mass is 9.84. The molecule has 0 bridgehead atoms. The van der Waals surface area contributed by atoms with Crippen molar-refractivity contribution in [2.24, 2.45) is 0 Å². The van der Waals surface area contributed by atoms with Crippen molar-refractivity contribution in [2.75, 3.05) is 27.4 Å². The van der Waals surface area contributed by atoms with Crippen LogP contribution in [0.3, 0.4) is 0 Å². The van der Waals surface area contributed by atoms with Gasteiger partial charge in [-0.1, -0.05) is 0 Å². The maximum atomic E-state index is 6.26. The molecule has 5 nitrogen and oxygen atoms in total. The molecule has 0 aromatic heterocycles. The highest BCUT2D eigenvalue weighted by molar-refractivity contribution is 4.97.